The van der Waals surface area contributed by atoms with Crippen molar-refractivity contribution in [2.24, 2.45) is 5.73 Å². The highest BCUT2D eigenvalue weighted by molar-refractivity contribution is 5.96. The molecule has 3 unspecified atom stereocenters. The number of amides is 4. The molecule has 1 saturated heterocycles. The van der Waals surface area contributed by atoms with E-state index in [1.165, 1.54) is 37.9 Å². The van der Waals surface area contributed by atoms with Crippen LogP contribution in [-0.2, 0) is 32.0 Å². The van der Waals surface area contributed by atoms with Gasteiger partial charge in [-0.1, -0.05) is 37.6 Å². The number of hydrogen-bond acceptors (Lipinski definition) is 6. The smallest absolute Gasteiger partial charge is 0.246 e. The summed E-state index contributed by atoms with van der Waals surface area (Å²) in [4.78, 5) is 57.1. The Labute approximate surface area is 259 Å². The van der Waals surface area contributed by atoms with E-state index in [4.69, 9.17) is 10.5 Å². The Bertz CT molecular complexity index is 1290. The van der Waals surface area contributed by atoms with Gasteiger partial charge in [0.1, 0.15) is 29.7 Å². The average Bonchev–Trinajstić information content (AvgIpc) is 2.97. The molecular weight excluding hydrogens is 565 g/mol. The number of hydrogen-bond donors (Lipinski definition) is 3. The quantitative estimate of drug-likeness (QED) is 0.319. The molecule has 11 heteroatoms. The van der Waals surface area contributed by atoms with Gasteiger partial charge in [0.25, 0.3) is 0 Å². The van der Waals surface area contributed by atoms with Crippen molar-refractivity contribution < 1.29 is 28.3 Å². The molecular formula is C33H46FN5O5. The van der Waals surface area contributed by atoms with E-state index in [1.807, 2.05) is 45.0 Å². The van der Waals surface area contributed by atoms with Gasteiger partial charge in [0, 0.05) is 33.0 Å². The third kappa shape index (κ3) is 9.01. The molecule has 1 fully saturated rings. The number of rotatable bonds is 13. The lowest BCUT2D eigenvalue weighted by molar-refractivity contribution is -0.157. The molecule has 1 aliphatic rings. The Morgan fingerprint density at radius 1 is 1.02 bits per heavy atom. The van der Waals surface area contributed by atoms with Gasteiger partial charge in [0.2, 0.25) is 23.6 Å². The lowest BCUT2D eigenvalue weighted by Gasteiger charge is -2.44. The van der Waals surface area contributed by atoms with Gasteiger partial charge in [0.05, 0.1) is 11.6 Å². The third-order valence-corrected chi connectivity index (χ3v) is 7.56. The van der Waals surface area contributed by atoms with Crippen LogP contribution in [0.2, 0.25) is 0 Å². The number of halogens is 1. The van der Waals surface area contributed by atoms with Crippen LogP contribution < -0.4 is 21.1 Å². The molecule has 2 aromatic rings. The first kappa shape index (κ1) is 34.5. The van der Waals surface area contributed by atoms with Gasteiger partial charge in [0.15, 0.2) is 0 Å². The van der Waals surface area contributed by atoms with Gasteiger partial charge in [-0.25, -0.2) is 4.39 Å². The van der Waals surface area contributed by atoms with Crippen molar-refractivity contribution in [2.45, 2.75) is 90.1 Å². The minimum absolute atomic E-state index is 0.0250. The molecule has 0 bridgehead atoms. The van der Waals surface area contributed by atoms with E-state index in [1.54, 1.807) is 17.0 Å². The van der Waals surface area contributed by atoms with Gasteiger partial charge >= 0.3 is 0 Å². The van der Waals surface area contributed by atoms with Crippen LogP contribution in [0.15, 0.2) is 48.5 Å². The number of benzene rings is 2. The maximum Gasteiger partial charge on any atom is 0.246 e. The molecule has 3 rings (SSSR count). The number of nitrogens with two attached hydrogens (primary N) is 1. The number of likely N-dealkylation sites (N-methyl/N-ethyl adjacent to an activating group) is 1. The highest BCUT2D eigenvalue weighted by Gasteiger charge is 2.43. The first-order valence-corrected chi connectivity index (χ1v) is 15.2. The fourth-order valence-corrected chi connectivity index (χ4v) is 5.24. The standard InChI is InChI=1S/C33H46FN5O5/c1-7-8-27-31(42)39(28(29(40)36-6)20-23-11-15-25(16-12-23)44-21(2)3)18-17-38(27)30(41)26(37-32(43)33(4,5)35)19-22-9-13-24(34)14-10-22/h9-16,21,26-28H,7-8,17-20,35H2,1-6H3,(H,36,40)(H,37,43). The predicted molar refractivity (Wildman–Crippen MR) is 166 cm³/mol. The molecule has 1 heterocycles. The van der Waals surface area contributed by atoms with Crippen LogP contribution in [0.3, 0.4) is 0 Å². The van der Waals surface area contributed by atoms with Gasteiger partial charge in [-0.15, -0.1) is 0 Å². The van der Waals surface area contributed by atoms with E-state index in [9.17, 15) is 23.6 Å². The Morgan fingerprint density at radius 2 is 1.61 bits per heavy atom. The molecule has 0 aromatic heterocycles. The lowest BCUT2D eigenvalue weighted by atomic mass is 9.97. The molecule has 4 N–H and O–H groups in total. The molecule has 44 heavy (non-hydrogen) atoms. The zero-order valence-corrected chi connectivity index (χ0v) is 26.6. The summed E-state index contributed by atoms with van der Waals surface area (Å²) in [6.07, 6.45) is 1.39. The maximum absolute atomic E-state index is 14.1. The largest absolute Gasteiger partial charge is 0.491 e. The number of carbonyl (C=O) groups excluding carboxylic acids is 4. The van der Waals surface area contributed by atoms with Crippen molar-refractivity contribution in [3.63, 3.8) is 0 Å². The van der Waals surface area contributed by atoms with Crippen molar-refractivity contribution in [3.8, 4) is 5.75 Å². The van der Waals surface area contributed by atoms with E-state index in [0.717, 1.165) is 5.56 Å². The van der Waals surface area contributed by atoms with Gasteiger partial charge < -0.3 is 30.9 Å². The highest BCUT2D eigenvalue weighted by Crippen LogP contribution is 2.23. The maximum atomic E-state index is 14.1. The summed E-state index contributed by atoms with van der Waals surface area (Å²) in [5.74, 6) is -1.30. The topological polar surface area (TPSA) is 134 Å². The summed E-state index contributed by atoms with van der Waals surface area (Å²) in [7, 11) is 1.53. The number of nitrogens with zero attached hydrogens (tertiary/aromatic N) is 2. The molecule has 0 aliphatic carbocycles. The van der Waals surface area contributed by atoms with Crippen LogP contribution >= 0.6 is 0 Å². The first-order valence-electron chi connectivity index (χ1n) is 15.2. The lowest BCUT2D eigenvalue weighted by Crippen LogP contribution is -2.66. The van der Waals surface area contributed by atoms with Crippen LogP contribution in [0.1, 0.15) is 58.6 Å². The third-order valence-electron chi connectivity index (χ3n) is 7.56. The van der Waals surface area contributed by atoms with Crippen LogP contribution in [0.25, 0.3) is 0 Å². The summed E-state index contributed by atoms with van der Waals surface area (Å²) >= 11 is 0. The Hall–Kier alpha value is -3.99. The fraction of sp³-hybridized carbons (Fsp3) is 0.515. The number of nitrogens with one attached hydrogen (secondary N) is 2. The van der Waals surface area contributed by atoms with Crippen molar-refractivity contribution in [1.29, 1.82) is 0 Å². The van der Waals surface area contributed by atoms with Gasteiger partial charge in [-0.2, -0.15) is 0 Å². The second kappa shape index (κ2) is 15.1. The normalized spacial score (nSPS) is 16.8. The predicted octanol–water partition coefficient (Wildman–Crippen LogP) is 2.57. The van der Waals surface area contributed by atoms with Crippen LogP contribution in [0, 0.1) is 5.82 Å². The first-order chi connectivity index (χ1) is 20.7. The van der Waals surface area contributed by atoms with Crippen molar-refractivity contribution in [1.82, 2.24) is 20.4 Å². The van der Waals surface area contributed by atoms with E-state index in [-0.39, 0.29) is 43.8 Å². The second-order valence-corrected chi connectivity index (χ2v) is 12.1. The van der Waals surface area contributed by atoms with Crippen molar-refractivity contribution in [2.75, 3.05) is 20.1 Å². The summed E-state index contributed by atoms with van der Waals surface area (Å²) < 4.78 is 19.3. The molecule has 0 spiro atoms. The van der Waals surface area contributed by atoms with Gasteiger partial charge in [-0.05, 0) is 69.5 Å². The summed E-state index contributed by atoms with van der Waals surface area (Å²) in [5.41, 5.74) is 6.26. The van der Waals surface area contributed by atoms with Crippen LogP contribution in [-0.4, -0.2) is 83.3 Å². The molecule has 2 aromatic carbocycles. The molecule has 0 saturated carbocycles. The molecule has 240 valence electrons. The van der Waals surface area contributed by atoms with Gasteiger partial charge in [-0.3, -0.25) is 19.2 Å². The zero-order chi connectivity index (χ0) is 32.6. The fourth-order valence-electron chi connectivity index (χ4n) is 5.24. The minimum atomic E-state index is -1.25. The summed E-state index contributed by atoms with van der Waals surface area (Å²) in [5, 5.41) is 5.44. The van der Waals surface area contributed by atoms with Crippen molar-refractivity contribution in [3.05, 3.63) is 65.5 Å². The van der Waals surface area contributed by atoms with E-state index in [2.05, 4.69) is 10.6 Å². The Kier molecular flexibility index (Phi) is 11.9. The zero-order valence-electron chi connectivity index (χ0n) is 26.6. The Balaban J connectivity index is 1.87. The van der Waals surface area contributed by atoms with Crippen molar-refractivity contribution >= 4 is 23.6 Å². The Morgan fingerprint density at radius 3 is 2.16 bits per heavy atom. The van der Waals surface area contributed by atoms with Crippen LogP contribution in [0.4, 0.5) is 4.39 Å². The SMILES string of the molecule is CCCC1C(=O)N(C(Cc2ccc(OC(C)C)cc2)C(=O)NC)CCN1C(=O)C(Cc1ccc(F)cc1)NC(=O)C(C)(C)N. The van der Waals surface area contributed by atoms with E-state index in [0.29, 0.717) is 24.2 Å². The second-order valence-electron chi connectivity index (χ2n) is 12.1. The molecule has 0 radical (unpaired) electrons. The molecule has 10 nitrogen and oxygen atoms in total. The molecule has 1 aliphatic heterocycles. The molecule has 3 atom stereocenters. The van der Waals surface area contributed by atoms with E-state index >= 15 is 0 Å². The number of ether oxygens (including phenoxy) is 1. The number of piperazine rings is 1. The number of carbonyl (C=O) groups is 4. The van der Waals surface area contributed by atoms with E-state index < -0.39 is 41.3 Å². The van der Waals surface area contributed by atoms with Crippen LogP contribution in [0.5, 0.6) is 5.75 Å². The summed E-state index contributed by atoms with van der Waals surface area (Å²) in [6.45, 7) is 9.18. The monoisotopic (exact) mass is 611 g/mol. The highest BCUT2D eigenvalue weighted by atomic mass is 19.1. The molecule has 4 amide bonds. The summed E-state index contributed by atoms with van der Waals surface area (Å²) in [6, 6.07) is 10.5. The average molecular weight is 612 g/mol. The minimum Gasteiger partial charge on any atom is -0.491 e.